The van der Waals surface area contributed by atoms with E-state index >= 15 is 0 Å². The molecule has 1 heterocycles. The molecular weight excluding hydrogens is 306 g/mol. The number of benzene rings is 1. The van der Waals surface area contributed by atoms with Crippen molar-refractivity contribution in [2.45, 2.75) is 20.3 Å². The SMILES string of the molecule is CCCNc1cnnc(Nc2ccc(C)c(Br)c2)n1. The van der Waals surface area contributed by atoms with Gasteiger partial charge in [-0.2, -0.15) is 10.1 Å². The molecule has 0 spiro atoms. The molecule has 0 saturated heterocycles. The fourth-order valence-corrected chi connectivity index (χ4v) is 1.87. The lowest BCUT2D eigenvalue weighted by Crippen LogP contribution is -2.06. The van der Waals surface area contributed by atoms with Gasteiger partial charge in [-0.3, -0.25) is 0 Å². The zero-order valence-electron chi connectivity index (χ0n) is 10.9. The fraction of sp³-hybridized carbons (Fsp3) is 0.308. The van der Waals surface area contributed by atoms with Gasteiger partial charge in [-0.15, -0.1) is 5.10 Å². The first-order valence-electron chi connectivity index (χ1n) is 6.16. The number of anilines is 3. The summed E-state index contributed by atoms with van der Waals surface area (Å²) >= 11 is 3.50. The summed E-state index contributed by atoms with van der Waals surface area (Å²) in [5.41, 5.74) is 2.11. The standard InChI is InChI=1S/C13H16BrN5/c1-3-6-15-12-8-16-19-13(18-12)17-10-5-4-9(2)11(14)7-10/h4-5,7-8H,3,6H2,1-2H3,(H2,15,17,18,19). The Bertz CT molecular complexity index is 558. The van der Waals surface area contributed by atoms with Gasteiger partial charge < -0.3 is 10.6 Å². The second kappa shape index (κ2) is 6.47. The minimum absolute atomic E-state index is 0.483. The molecule has 0 radical (unpaired) electrons. The zero-order chi connectivity index (χ0) is 13.7. The van der Waals surface area contributed by atoms with Crippen LogP contribution >= 0.6 is 15.9 Å². The lowest BCUT2D eigenvalue weighted by Gasteiger charge is -2.08. The predicted octanol–water partition coefficient (Wildman–Crippen LogP) is 3.51. The molecular formula is C13H16BrN5. The van der Waals surface area contributed by atoms with E-state index in [4.69, 9.17) is 0 Å². The van der Waals surface area contributed by atoms with Crippen molar-refractivity contribution in [1.29, 1.82) is 0 Å². The Balaban J connectivity index is 2.11. The van der Waals surface area contributed by atoms with E-state index in [-0.39, 0.29) is 0 Å². The number of halogens is 1. The first-order valence-corrected chi connectivity index (χ1v) is 6.95. The average Bonchev–Trinajstić information content (AvgIpc) is 2.41. The van der Waals surface area contributed by atoms with Gasteiger partial charge in [0.25, 0.3) is 0 Å². The number of aryl methyl sites for hydroxylation is 1. The molecule has 0 amide bonds. The average molecular weight is 322 g/mol. The van der Waals surface area contributed by atoms with Crippen LogP contribution in [-0.2, 0) is 0 Å². The number of aromatic nitrogens is 3. The van der Waals surface area contributed by atoms with Gasteiger partial charge in [-0.25, -0.2) is 0 Å². The molecule has 2 aromatic rings. The quantitative estimate of drug-likeness (QED) is 0.882. The molecule has 0 unspecified atom stereocenters. The third-order valence-electron chi connectivity index (χ3n) is 2.54. The van der Waals surface area contributed by atoms with Gasteiger partial charge in [0.05, 0.1) is 6.20 Å². The van der Waals surface area contributed by atoms with Crippen LogP contribution in [0.3, 0.4) is 0 Å². The number of rotatable bonds is 5. The minimum atomic E-state index is 0.483. The van der Waals surface area contributed by atoms with E-state index in [1.807, 2.05) is 25.1 Å². The van der Waals surface area contributed by atoms with Gasteiger partial charge >= 0.3 is 0 Å². The van der Waals surface area contributed by atoms with Crippen molar-refractivity contribution in [2.24, 2.45) is 0 Å². The van der Waals surface area contributed by atoms with Crippen molar-refractivity contribution in [2.75, 3.05) is 17.2 Å². The highest BCUT2D eigenvalue weighted by molar-refractivity contribution is 9.10. The highest BCUT2D eigenvalue weighted by Gasteiger charge is 2.02. The van der Waals surface area contributed by atoms with Crippen molar-refractivity contribution in [3.63, 3.8) is 0 Å². The Labute approximate surface area is 121 Å². The second-order valence-corrected chi connectivity index (χ2v) is 5.04. The van der Waals surface area contributed by atoms with Crippen LogP contribution in [0.2, 0.25) is 0 Å². The normalized spacial score (nSPS) is 10.3. The first-order chi connectivity index (χ1) is 9.19. The van der Waals surface area contributed by atoms with Gasteiger partial charge in [-0.1, -0.05) is 28.9 Å². The molecule has 0 aliphatic rings. The molecule has 0 aliphatic heterocycles. The Morgan fingerprint density at radius 1 is 1.32 bits per heavy atom. The lowest BCUT2D eigenvalue weighted by molar-refractivity contribution is 0.935. The van der Waals surface area contributed by atoms with Crippen LogP contribution in [0.25, 0.3) is 0 Å². The molecule has 2 rings (SSSR count). The molecule has 0 fully saturated rings. The van der Waals surface area contributed by atoms with Gasteiger partial charge in [0.2, 0.25) is 5.95 Å². The Hall–Kier alpha value is -1.69. The maximum Gasteiger partial charge on any atom is 0.249 e. The Kier molecular flexibility index (Phi) is 4.68. The highest BCUT2D eigenvalue weighted by atomic mass is 79.9. The maximum atomic E-state index is 4.35. The van der Waals surface area contributed by atoms with Crippen molar-refractivity contribution < 1.29 is 0 Å². The second-order valence-electron chi connectivity index (χ2n) is 4.18. The summed E-state index contributed by atoms with van der Waals surface area (Å²) in [5.74, 6) is 1.21. The number of hydrogen-bond acceptors (Lipinski definition) is 5. The third kappa shape index (κ3) is 3.89. The summed E-state index contributed by atoms with van der Waals surface area (Å²) in [4.78, 5) is 4.35. The number of nitrogens with zero attached hydrogens (tertiary/aromatic N) is 3. The summed E-state index contributed by atoms with van der Waals surface area (Å²) in [6.45, 7) is 5.01. The van der Waals surface area contributed by atoms with Gasteiger partial charge in [-0.05, 0) is 31.0 Å². The molecule has 0 aliphatic carbocycles. The number of hydrogen-bond donors (Lipinski definition) is 2. The van der Waals surface area contributed by atoms with Gasteiger partial charge in [0.15, 0.2) is 5.82 Å². The smallest absolute Gasteiger partial charge is 0.249 e. The van der Waals surface area contributed by atoms with Crippen LogP contribution in [0.15, 0.2) is 28.9 Å². The summed E-state index contributed by atoms with van der Waals surface area (Å²) < 4.78 is 1.05. The summed E-state index contributed by atoms with van der Waals surface area (Å²) in [7, 11) is 0. The van der Waals surface area contributed by atoms with E-state index in [2.05, 4.69) is 48.7 Å². The van der Waals surface area contributed by atoms with E-state index in [0.29, 0.717) is 5.95 Å². The lowest BCUT2D eigenvalue weighted by atomic mass is 10.2. The molecule has 0 saturated carbocycles. The van der Waals surface area contributed by atoms with E-state index < -0.39 is 0 Å². The van der Waals surface area contributed by atoms with Crippen molar-refractivity contribution in [1.82, 2.24) is 15.2 Å². The molecule has 100 valence electrons. The Morgan fingerprint density at radius 2 is 2.16 bits per heavy atom. The molecule has 1 aromatic heterocycles. The topological polar surface area (TPSA) is 62.7 Å². The molecule has 19 heavy (non-hydrogen) atoms. The first kappa shape index (κ1) is 13.7. The molecule has 0 atom stereocenters. The third-order valence-corrected chi connectivity index (χ3v) is 3.40. The minimum Gasteiger partial charge on any atom is -0.369 e. The van der Waals surface area contributed by atoms with Crippen molar-refractivity contribution in [3.05, 3.63) is 34.4 Å². The maximum absolute atomic E-state index is 4.35. The zero-order valence-corrected chi connectivity index (χ0v) is 12.5. The number of nitrogens with one attached hydrogen (secondary N) is 2. The summed E-state index contributed by atoms with van der Waals surface area (Å²) in [6.07, 6.45) is 2.66. The monoisotopic (exact) mass is 321 g/mol. The predicted molar refractivity (Wildman–Crippen MR) is 80.8 cm³/mol. The van der Waals surface area contributed by atoms with Crippen LogP contribution < -0.4 is 10.6 Å². The van der Waals surface area contributed by atoms with Crippen LogP contribution in [-0.4, -0.2) is 21.7 Å². The molecule has 5 nitrogen and oxygen atoms in total. The van der Waals surface area contributed by atoms with Gasteiger partial charge in [0.1, 0.15) is 0 Å². The van der Waals surface area contributed by atoms with Crippen LogP contribution in [0.5, 0.6) is 0 Å². The van der Waals surface area contributed by atoms with Crippen LogP contribution in [0.4, 0.5) is 17.5 Å². The van der Waals surface area contributed by atoms with Crippen LogP contribution in [0.1, 0.15) is 18.9 Å². The largest absolute Gasteiger partial charge is 0.369 e. The molecule has 1 aromatic carbocycles. The highest BCUT2D eigenvalue weighted by Crippen LogP contribution is 2.22. The van der Waals surface area contributed by atoms with E-state index in [9.17, 15) is 0 Å². The summed E-state index contributed by atoms with van der Waals surface area (Å²) in [6, 6.07) is 6.00. The van der Waals surface area contributed by atoms with Crippen molar-refractivity contribution >= 4 is 33.4 Å². The van der Waals surface area contributed by atoms with E-state index in [1.165, 1.54) is 5.56 Å². The van der Waals surface area contributed by atoms with E-state index in [0.717, 1.165) is 28.9 Å². The van der Waals surface area contributed by atoms with Crippen molar-refractivity contribution in [3.8, 4) is 0 Å². The summed E-state index contributed by atoms with van der Waals surface area (Å²) in [5, 5.41) is 14.2. The molecule has 2 N–H and O–H groups in total. The van der Waals surface area contributed by atoms with Gasteiger partial charge in [0, 0.05) is 16.7 Å². The molecule has 0 bridgehead atoms. The fourth-order valence-electron chi connectivity index (χ4n) is 1.49. The molecule has 6 heteroatoms. The van der Waals surface area contributed by atoms with E-state index in [1.54, 1.807) is 6.20 Å². The van der Waals surface area contributed by atoms with Crippen LogP contribution in [0, 0.1) is 6.92 Å². The Morgan fingerprint density at radius 3 is 2.89 bits per heavy atom.